The number of carbonyl (C=O) groups excluding carboxylic acids is 2. The summed E-state index contributed by atoms with van der Waals surface area (Å²) < 4.78 is 0. The maximum absolute atomic E-state index is 12.3. The molecule has 0 radical (unpaired) electrons. The van der Waals surface area contributed by atoms with Crippen LogP contribution >= 0.6 is 0 Å². The molecule has 0 aromatic heterocycles. The van der Waals surface area contributed by atoms with Crippen LogP contribution in [0.25, 0.3) is 0 Å². The minimum Gasteiger partial charge on any atom is -0.404 e. The predicted octanol–water partition coefficient (Wildman–Crippen LogP) is 2.86. The molecule has 0 bridgehead atoms. The van der Waals surface area contributed by atoms with E-state index in [0.29, 0.717) is 16.8 Å². The molecule has 7 heteroatoms. The highest BCUT2D eigenvalue weighted by molar-refractivity contribution is 6.04. The van der Waals surface area contributed by atoms with Crippen LogP contribution in [0.15, 0.2) is 60.3 Å². The van der Waals surface area contributed by atoms with Crippen LogP contribution in [0.2, 0.25) is 0 Å². The van der Waals surface area contributed by atoms with Crippen molar-refractivity contribution in [1.29, 1.82) is 5.41 Å². The number of hydrogen-bond acceptors (Lipinski definition) is 4. The Balaban J connectivity index is 1.92. The number of anilines is 2. The fourth-order valence-corrected chi connectivity index (χ4v) is 2.15. The van der Waals surface area contributed by atoms with Gasteiger partial charge in [-0.15, -0.1) is 0 Å². The fraction of sp³-hybridized carbons (Fsp3) is 0.105. The van der Waals surface area contributed by atoms with Crippen LogP contribution in [0.3, 0.4) is 0 Å². The van der Waals surface area contributed by atoms with E-state index in [1.807, 2.05) is 31.2 Å². The predicted molar refractivity (Wildman–Crippen MR) is 104 cm³/mol. The van der Waals surface area contributed by atoms with Crippen molar-refractivity contribution in [3.8, 4) is 0 Å². The van der Waals surface area contributed by atoms with Crippen molar-refractivity contribution in [3.63, 3.8) is 0 Å². The maximum atomic E-state index is 12.3. The molecule has 0 spiro atoms. The minimum absolute atomic E-state index is 0.156. The Morgan fingerprint density at radius 3 is 2.42 bits per heavy atom. The van der Waals surface area contributed by atoms with E-state index in [-0.39, 0.29) is 12.5 Å². The lowest BCUT2D eigenvalue weighted by Crippen LogP contribution is -2.30. The number of rotatable bonds is 6. The van der Waals surface area contributed by atoms with E-state index in [1.54, 1.807) is 24.3 Å². The first-order chi connectivity index (χ1) is 12.5. The molecule has 3 amide bonds. The van der Waals surface area contributed by atoms with Gasteiger partial charge in [0.1, 0.15) is 0 Å². The van der Waals surface area contributed by atoms with Crippen molar-refractivity contribution >= 4 is 29.5 Å². The number of urea groups is 1. The van der Waals surface area contributed by atoms with Gasteiger partial charge in [-0.25, -0.2) is 4.79 Å². The normalized spacial score (nSPS) is 10.7. The number of amides is 3. The van der Waals surface area contributed by atoms with Gasteiger partial charge in [-0.3, -0.25) is 4.79 Å². The standard InChI is InChI=1S/C19H21N5O2/c1-13-3-2-4-17(9-13)23-18(25)15-5-7-16(8-6-15)24-19(26)22-12-14(10-20)11-21/h2-11,20H,12,21H2,1H3,(H,23,25)(H2,22,24,26). The molecule has 0 aliphatic rings. The van der Waals surface area contributed by atoms with Gasteiger partial charge >= 0.3 is 6.03 Å². The molecular formula is C19H21N5O2. The van der Waals surface area contributed by atoms with Crippen molar-refractivity contribution in [2.45, 2.75) is 6.92 Å². The quantitative estimate of drug-likeness (QED) is 0.515. The zero-order valence-electron chi connectivity index (χ0n) is 14.4. The second-order valence-electron chi connectivity index (χ2n) is 5.59. The molecule has 0 aliphatic carbocycles. The van der Waals surface area contributed by atoms with E-state index >= 15 is 0 Å². The molecule has 0 atom stereocenters. The van der Waals surface area contributed by atoms with Gasteiger partial charge in [0.15, 0.2) is 0 Å². The smallest absolute Gasteiger partial charge is 0.319 e. The van der Waals surface area contributed by atoms with E-state index in [1.165, 1.54) is 6.20 Å². The average molecular weight is 351 g/mol. The summed E-state index contributed by atoms with van der Waals surface area (Å²) in [6.45, 7) is 2.11. The number of benzene rings is 2. The second-order valence-corrected chi connectivity index (χ2v) is 5.59. The van der Waals surface area contributed by atoms with Crippen LogP contribution < -0.4 is 21.7 Å². The molecule has 2 aromatic rings. The SMILES string of the molecule is Cc1cccc(NC(=O)c2ccc(NC(=O)NCC(C=N)=CN)cc2)c1. The summed E-state index contributed by atoms with van der Waals surface area (Å²) in [6.07, 6.45) is 2.33. The van der Waals surface area contributed by atoms with Crippen molar-refractivity contribution in [3.05, 3.63) is 71.4 Å². The minimum atomic E-state index is -0.428. The van der Waals surface area contributed by atoms with E-state index in [9.17, 15) is 9.59 Å². The van der Waals surface area contributed by atoms with Gasteiger partial charge < -0.3 is 27.1 Å². The van der Waals surface area contributed by atoms with Crippen LogP contribution in [0.4, 0.5) is 16.2 Å². The van der Waals surface area contributed by atoms with Gasteiger partial charge in [0.25, 0.3) is 5.91 Å². The van der Waals surface area contributed by atoms with Crippen LogP contribution in [0.1, 0.15) is 15.9 Å². The number of aryl methyl sites for hydroxylation is 1. The Kier molecular flexibility index (Phi) is 6.50. The van der Waals surface area contributed by atoms with Crippen LogP contribution in [0.5, 0.6) is 0 Å². The Morgan fingerprint density at radius 2 is 1.81 bits per heavy atom. The van der Waals surface area contributed by atoms with Gasteiger partial charge in [0, 0.05) is 41.5 Å². The first-order valence-electron chi connectivity index (χ1n) is 7.96. The molecule has 0 aliphatic heterocycles. The summed E-state index contributed by atoms with van der Waals surface area (Å²) in [5.74, 6) is -0.227. The molecule has 2 rings (SSSR count). The third kappa shape index (κ3) is 5.48. The Bertz CT molecular complexity index is 828. The number of carbonyl (C=O) groups is 2. The van der Waals surface area contributed by atoms with Crippen LogP contribution in [0, 0.1) is 12.3 Å². The molecule has 2 aromatic carbocycles. The van der Waals surface area contributed by atoms with Crippen LogP contribution in [-0.4, -0.2) is 24.7 Å². The highest BCUT2D eigenvalue weighted by Gasteiger charge is 2.07. The van der Waals surface area contributed by atoms with E-state index < -0.39 is 6.03 Å². The molecular weight excluding hydrogens is 330 g/mol. The van der Waals surface area contributed by atoms with Crippen molar-refractivity contribution < 1.29 is 9.59 Å². The van der Waals surface area contributed by atoms with Crippen molar-refractivity contribution in [2.24, 2.45) is 5.73 Å². The van der Waals surface area contributed by atoms with Crippen molar-refractivity contribution in [2.75, 3.05) is 17.2 Å². The molecule has 7 nitrogen and oxygen atoms in total. The number of hydrogen-bond donors (Lipinski definition) is 5. The molecule has 6 N–H and O–H groups in total. The second kappa shape index (κ2) is 9.03. The lowest BCUT2D eigenvalue weighted by atomic mass is 10.1. The van der Waals surface area contributed by atoms with Crippen LogP contribution in [-0.2, 0) is 0 Å². The summed E-state index contributed by atoms with van der Waals surface area (Å²) in [6, 6.07) is 13.6. The van der Waals surface area contributed by atoms with Crippen molar-refractivity contribution in [1.82, 2.24) is 5.32 Å². The largest absolute Gasteiger partial charge is 0.404 e. The summed E-state index contributed by atoms with van der Waals surface area (Å²) in [5, 5.41) is 15.1. The Hall–Kier alpha value is -3.61. The third-order valence-corrected chi connectivity index (χ3v) is 3.53. The molecule has 26 heavy (non-hydrogen) atoms. The summed E-state index contributed by atoms with van der Waals surface area (Å²) >= 11 is 0. The Morgan fingerprint density at radius 1 is 1.08 bits per heavy atom. The third-order valence-electron chi connectivity index (χ3n) is 3.53. The highest BCUT2D eigenvalue weighted by atomic mass is 16.2. The fourth-order valence-electron chi connectivity index (χ4n) is 2.15. The van der Waals surface area contributed by atoms with E-state index in [0.717, 1.165) is 17.5 Å². The highest BCUT2D eigenvalue weighted by Crippen LogP contribution is 2.14. The lowest BCUT2D eigenvalue weighted by molar-refractivity contribution is 0.102. The Labute approximate surface area is 151 Å². The summed E-state index contributed by atoms with van der Waals surface area (Å²) in [4.78, 5) is 24.0. The molecule has 0 heterocycles. The molecule has 0 saturated carbocycles. The summed E-state index contributed by atoms with van der Waals surface area (Å²) in [7, 11) is 0. The van der Waals surface area contributed by atoms with Gasteiger partial charge in [0.2, 0.25) is 0 Å². The van der Waals surface area contributed by atoms with Gasteiger partial charge in [-0.1, -0.05) is 12.1 Å². The average Bonchev–Trinajstić information content (AvgIpc) is 2.63. The first-order valence-corrected chi connectivity index (χ1v) is 7.96. The van der Waals surface area contributed by atoms with Gasteiger partial charge in [-0.05, 0) is 48.9 Å². The van der Waals surface area contributed by atoms with Gasteiger partial charge in [-0.2, -0.15) is 0 Å². The first kappa shape index (κ1) is 18.7. The number of nitrogens with two attached hydrogens (primary N) is 1. The number of nitrogens with one attached hydrogen (secondary N) is 4. The lowest BCUT2D eigenvalue weighted by Gasteiger charge is -2.09. The monoisotopic (exact) mass is 351 g/mol. The molecule has 0 fully saturated rings. The van der Waals surface area contributed by atoms with E-state index in [2.05, 4.69) is 16.0 Å². The summed E-state index contributed by atoms with van der Waals surface area (Å²) in [5.41, 5.74) is 8.61. The molecule has 0 unspecified atom stereocenters. The topological polar surface area (TPSA) is 120 Å². The molecule has 134 valence electrons. The zero-order chi connectivity index (χ0) is 18.9. The maximum Gasteiger partial charge on any atom is 0.319 e. The zero-order valence-corrected chi connectivity index (χ0v) is 14.4. The molecule has 0 saturated heterocycles. The van der Waals surface area contributed by atoms with Gasteiger partial charge in [0.05, 0.1) is 0 Å². The van der Waals surface area contributed by atoms with E-state index in [4.69, 9.17) is 11.1 Å².